The maximum absolute atomic E-state index is 12.4. The molecular weight excluding hydrogens is 374 g/mol. The summed E-state index contributed by atoms with van der Waals surface area (Å²) in [6.07, 6.45) is 2.34. The molecule has 144 valence electrons. The third-order valence-corrected chi connectivity index (χ3v) is 4.32. The summed E-state index contributed by atoms with van der Waals surface area (Å²) in [5.41, 5.74) is 3.07. The van der Waals surface area contributed by atoms with Crippen LogP contribution in [0.1, 0.15) is 23.0 Å². The monoisotopic (exact) mass is 395 g/mol. The van der Waals surface area contributed by atoms with E-state index >= 15 is 0 Å². The van der Waals surface area contributed by atoms with Crippen molar-refractivity contribution in [3.63, 3.8) is 0 Å². The van der Waals surface area contributed by atoms with E-state index in [2.05, 4.69) is 15.6 Å². The molecule has 0 aliphatic carbocycles. The van der Waals surface area contributed by atoms with Gasteiger partial charge in [0.1, 0.15) is 11.4 Å². The number of anilines is 2. The first-order valence-corrected chi connectivity index (χ1v) is 9.51. The molecule has 3 aromatic rings. The molecule has 0 unspecified atom stereocenters. The van der Waals surface area contributed by atoms with E-state index in [1.54, 1.807) is 12.3 Å². The third-order valence-electron chi connectivity index (χ3n) is 4.07. The lowest BCUT2D eigenvalue weighted by atomic mass is 10.1. The zero-order valence-corrected chi connectivity index (χ0v) is 16.4. The Hall–Kier alpha value is -3.05. The van der Waals surface area contributed by atoms with E-state index in [0.29, 0.717) is 23.9 Å². The molecule has 0 atom stereocenters. The van der Waals surface area contributed by atoms with E-state index < -0.39 is 0 Å². The Kier molecular flexibility index (Phi) is 6.87. The van der Waals surface area contributed by atoms with Gasteiger partial charge >= 0.3 is 0 Å². The van der Waals surface area contributed by atoms with E-state index in [9.17, 15) is 4.79 Å². The SMILES string of the molecule is CCOc1ccccc1Nc1ccnc(C(=O)NCCc2ccc(Cl)cc2)c1. The van der Waals surface area contributed by atoms with Gasteiger partial charge in [0.2, 0.25) is 0 Å². The van der Waals surface area contributed by atoms with Crippen LogP contribution in [0, 0.1) is 0 Å². The summed E-state index contributed by atoms with van der Waals surface area (Å²) in [5.74, 6) is 0.548. The molecule has 0 saturated heterocycles. The fourth-order valence-electron chi connectivity index (χ4n) is 2.70. The average Bonchev–Trinajstić information content (AvgIpc) is 2.71. The van der Waals surface area contributed by atoms with Crippen LogP contribution in [-0.2, 0) is 6.42 Å². The molecular formula is C22H22ClN3O2. The molecule has 0 aliphatic heterocycles. The highest BCUT2D eigenvalue weighted by Crippen LogP contribution is 2.27. The number of aromatic nitrogens is 1. The van der Waals surface area contributed by atoms with E-state index in [1.165, 1.54) is 0 Å². The van der Waals surface area contributed by atoms with Gasteiger partial charge in [-0.2, -0.15) is 0 Å². The fraction of sp³-hybridized carbons (Fsp3) is 0.182. The second-order valence-corrected chi connectivity index (χ2v) is 6.55. The van der Waals surface area contributed by atoms with Crippen LogP contribution in [0.3, 0.4) is 0 Å². The average molecular weight is 396 g/mol. The number of benzene rings is 2. The summed E-state index contributed by atoms with van der Waals surface area (Å²) in [6, 6.07) is 18.8. The highest BCUT2D eigenvalue weighted by Gasteiger charge is 2.09. The summed E-state index contributed by atoms with van der Waals surface area (Å²) in [7, 11) is 0. The second kappa shape index (κ2) is 9.76. The van der Waals surface area contributed by atoms with Gasteiger partial charge in [0.25, 0.3) is 5.91 Å². The van der Waals surface area contributed by atoms with Gasteiger partial charge in [-0.05, 0) is 55.3 Å². The number of para-hydroxylation sites is 2. The van der Waals surface area contributed by atoms with Crippen LogP contribution in [0.15, 0.2) is 66.9 Å². The van der Waals surface area contributed by atoms with Crippen LogP contribution in [0.2, 0.25) is 5.02 Å². The number of carbonyl (C=O) groups excluding carboxylic acids is 1. The summed E-state index contributed by atoms with van der Waals surface area (Å²) in [5, 5.41) is 6.88. The van der Waals surface area contributed by atoms with E-state index in [4.69, 9.17) is 16.3 Å². The molecule has 0 fully saturated rings. The molecule has 0 spiro atoms. The number of pyridine rings is 1. The van der Waals surface area contributed by atoms with Crippen LogP contribution < -0.4 is 15.4 Å². The van der Waals surface area contributed by atoms with Gasteiger partial charge in [-0.3, -0.25) is 9.78 Å². The number of hydrogen-bond acceptors (Lipinski definition) is 4. The minimum absolute atomic E-state index is 0.212. The minimum atomic E-state index is -0.212. The molecule has 6 heteroatoms. The van der Waals surface area contributed by atoms with E-state index in [0.717, 1.165) is 29.1 Å². The van der Waals surface area contributed by atoms with E-state index in [-0.39, 0.29) is 5.91 Å². The Morgan fingerprint density at radius 1 is 1.11 bits per heavy atom. The van der Waals surface area contributed by atoms with Gasteiger partial charge in [0.15, 0.2) is 0 Å². The number of halogens is 1. The van der Waals surface area contributed by atoms with Crippen molar-refractivity contribution in [3.05, 3.63) is 83.1 Å². The second-order valence-electron chi connectivity index (χ2n) is 6.12. The van der Waals surface area contributed by atoms with Crippen LogP contribution in [0.25, 0.3) is 0 Å². The predicted octanol–water partition coefficient (Wildman–Crippen LogP) is 4.85. The standard InChI is InChI=1S/C22H22ClN3O2/c1-2-28-21-6-4-3-5-19(21)26-18-12-14-24-20(15-18)22(27)25-13-11-16-7-9-17(23)10-8-16/h3-10,12,14-15H,2,11,13H2,1H3,(H,24,26)(H,25,27). The number of carbonyl (C=O) groups is 1. The summed E-state index contributed by atoms with van der Waals surface area (Å²) >= 11 is 5.88. The molecule has 3 rings (SSSR count). The molecule has 5 nitrogen and oxygen atoms in total. The lowest BCUT2D eigenvalue weighted by Gasteiger charge is -2.12. The van der Waals surface area contributed by atoms with Gasteiger partial charge in [-0.1, -0.05) is 35.9 Å². The predicted molar refractivity (Wildman–Crippen MR) is 113 cm³/mol. The first kappa shape index (κ1) is 19.7. The lowest BCUT2D eigenvalue weighted by molar-refractivity contribution is 0.0949. The van der Waals surface area contributed by atoms with Gasteiger partial charge in [0, 0.05) is 23.5 Å². The first-order chi connectivity index (χ1) is 13.7. The molecule has 28 heavy (non-hydrogen) atoms. The summed E-state index contributed by atoms with van der Waals surface area (Å²) < 4.78 is 5.62. The molecule has 0 saturated carbocycles. The van der Waals surface area contributed by atoms with Gasteiger partial charge in [0.05, 0.1) is 12.3 Å². The van der Waals surface area contributed by atoms with Crippen molar-refractivity contribution in [1.29, 1.82) is 0 Å². The van der Waals surface area contributed by atoms with Crippen LogP contribution >= 0.6 is 11.6 Å². The number of nitrogens with one attached hydrogen (secondary N) is 2. The normalized spacial score (nSPS) is 10.4. The molecule has 2 N–H and O–H groups in total. The Morgan fingerprint density at radius 2 is 1.89 bits per heavy atom. The van der Waals surface area contributed by atoms with Crippen LogP contribution in [-0.4, -0.2) is 24.0 Å². The molecule has 1 aromatic heterocycles. The maximum Gasteiger partial charge on any atom is 0.269 e. The number of amides is 1. The largest absolute Gasteiger partial charge is 0.492 e. The highest BCUT2D eigenvalue weighted by molar-refractivity contribution is 6.30. The van der Waals surface area contributed by atoms with Crippen molar-refractivity contribution < 1.29 is 9.53 Å². The van der Waals surface area contributed by atoms with Gasteiger partial charge < -0.3 is 15.4 Å². The summed E-state index contributed by atoms with van der Waals surface area (Å²) in [6.45, 7) is 3.04. The fourth-order valence-corrected chi connectivity index (χ4v) is 2.83. The Balaban J connectivity index is 1.61. The minimum Gasteiger partial charge on any atom is -0.492 e. The zero-order chi connectivity index (χ0) is 19.8. The van der Waals surface area contributed by atoms with Crippen LogP contribution in [0.4, 0.5) is 11.4 Å². The van der Waals surface area contributed by atoms with Gasteiger partial charge in [-0.25, -0.2) is 0 Å². The molecule has 1 heterocycles. The third kappa shape index (κ3) is 5.47. The molecule has 0 bridgehead atoms. The topological polar surface area (TPSA) is 63.2 Å². The highest BCUT2D eigenvalue weighted by atomic mass is 35.5. The lowest BCUT2D eigenvalue weighted by Crippen LogP contribution is -2.26. The Bertz CT molecular complexity index is 929. The Morgan fingerprint density at radius 3 is 2.68 bits per heavy atom. The maximum atomic E-state index is 12.4. The molecule has 2 aromatic carbocycles. The first-order valence-electron chi connectivity index (χ1n) is 9.13. The number of ether oxygens (including phenoxy) is 1. The summed E-state index contributed by atoms with van der Waals surface area (Å²) in [4.78, 5) is 16.6. The van der Waals surface area contributed by atoms with Gasteiger partial charge in [-0.15, -0.1) is 0 Å². The van der Waals surface area contributed by atoms with Crippen molar-refractivity contribution in [2.45, 2.75) is 13.3 Å². The van der Waals surface area contributed by atoms with Crippen molar-refractivity contribution in [2.24, 2.45) is 0 Å². The van der Waals surface area contributed by atoms with Crippen LogP contribution in [0.5, 0.6) is 5.75 Å². The number of rotatable bonds is 8. The van der Waals surface area contributed by atoms with Crippen molar-refractivity contribution in [2.75, 3.05) is 18.5 Å². The number of hydrogen-bond donors (Lipinski definition) is 2. The zero-order valence-electron chi connectivity index (χ0n) is 15.6. The van der Waals surface area contributed by atoms with Crippen molar-refractivity contribution in [3.8, 4) is 5.75 Å². The van der Waals surface area contributed by atoms with E-state index in [1.807, 2.05) is 61.5 Å². The molecule has 1 amide bonds. The smallest absolute Gasteiger partial charge is 0.269 e. The Labute approximate surface area is 169 Å². The number of nitrogens with zero attached hydrogens (tertiary/aromatic N) is 1. The van der Waals surface area contributed by atoms with Crippen molar-refractivity contribution in [1.82, 2.24) is 10.3 Å². The van der Waals surface area contributed by atoms with Crippen molar-refractivity contribution >= 4 is 28.9 Å². The molecule has 0 radical (unpaired) electrons. The quantitative estimate of drug-likeness (QED) is 0.572. The molecule has 0 aliphatic rings.